The van der Waals surface area contributed by atoms with Crippen LogP contribution in [-0.4, -0.2) is 99.6 Å². The van der Waals surface area contributed by atoms with Crippen LogP contribution in [0.5, 0.6) is 11.6 Å². The van der Waals surface area contributed by atoms with Gasteiger partial charge in [-0.05, 0) is 78.0 Å². The van der Waals surface area contributed by atoms with Crippen molar-refractivity contribution < 1.29 is 33.0 Å². The number of carbonyl (C=O) groups excluding carboxylic acids is 3. The summed E-state index contributed by atoms with van der Waals surface area (Å²) in [6.45, 7) is 22.7. The average Bonchev–Trinajstić information content (AvgIpc) is 3.46. The number of esters is 1. The third kappa shape index (κ3) is 10.3. The number of ether oxygens (including phenoxy) is 3. The van der Waals surface area contributed by atoms with E-state index in [9.17, 15) is 18.8 Å². The van der Waals surface area contributed by atoms with Gasteiger partial charge in [0.05, 0.1) is 11.5 Å². The lowest BCUT2D eigenvalue weighted by molar-refractivity contribution is -0.168. The number of hydrogen-bond acceptors (Lipinski definition) is 11. The number of halogens is 1. The van der Waals surface area contributed by atoms with Gasteiger partial charge in [0, 0.05) is 62.7 Å². The summed E-state index contributed by atoms with van der Waals surface area (Å²) in [4.78, 5) is 48.8. The first-order valence-electron chi connectivity index (χ1n) is 18.1. The summed E-state index contributed by atoms with van der Waals surface area (Å²) in [5, 5.41) is 11.2. The molecule has 1 spiro atoms. The SMILES string of the molecule is CCN(C(=O)c1cc(F)ccc1Oc1nncnc1N1CCC2(C1)CN([C@H](CC(C)C)CC(C)(C)NC(=O)OC(C)OC(=O)C(C)C)C2)C(C)C. The summed E-state index contributed by atoms with van der Waals surface area (Å²) in [5.74, 6) is -0.293. The van der Waals surface area contributed by atoms with E-state index in [0.717, 1.165) is 39.0 Å². The van der Waals surface area contributed by atoms with E-state index in [-0.39, 0.29) is 46.5 Å². The second-order valence-corrected chi connectivity index (χ2v) is 15.7. The summed E-state index contributed by atoms with van der Waals surface area (Å²) < 4.78 is 31.1. The molecule has 0 saturated carbocycles. The molecule has 0 radical (unpaired) electrons. The molecule has 0 bridgehead atoms. The van der Waals surface area contributed by atoms with E-state index < -0.39 is 29.7 Å². The highest BCUT2D eigenvalue weighted by atomic mass is 19.1. The van der Waals surface area contributed by atoms with E-state index in [1.54, 1.807) is 18.7 Å². The molecule has 282 valence electrons. The van der Waals surface area contributed by atoms with Gasteiger partial charge in [-0.25, -0.2) is 14.2 Å². The first-order valence-corrected chi connectivity index (χ1v) is 18.1. The first kappa shape index (κ1) is 39.7. The zero-order valence-corrected chi connectivity index (χ0v) is 31.9. The van der Waals surface area contributed by atoms with Crippen LogP contribution in [0.3, 0.4) is 0 Å². The molecular weight excluding hydrogens is 657 g/mol. The van der Waals surface area contributed by atoms with Crippen molar-refractivity contribution in [2.24, 2.45) is 17.3 Å². The van der Waals surface area contributed by atoms with E-state index in [1.807, 2.05) is 34.6 Å². The van der Waals surface area contributed by atoms with Crippen molar-refractivity contribution in [3.8, 4) is 11.6 Å². The van der Waals surface area contributed by atoms with Crippen LogP contribution < -0.4 is 15.0 Å². The minimum atomic E-state index is -0.991. The molecule has 1 N–H and O–H groups in total. The van der Waals surface area contributed by atoms with Gasteiger partial charge in [-0.15, -0.1) is 10.2 Å². The van der Waals surface area contributed by atoms with E-state index in [2.05, 4.69) is 44.1 Å². The van der Waals surface area contributed by atoms with E-state index in [1.165, 1.54) is 31.5 Å². The molecule has 2 atom stereocenters. The smallest absolute Gasteiger partial charge is 0.410 e. The minimum Gasteiger partial charge on any atom is -0.434 e. The van der Waals surface area contributed by atoms with Gasteiger partial charge >= 0.3 is 12.1 Å². The van der Waals surface area contributed by atoms with E-state index in [4.69, 9.17) is 14.2 Å². The Balaban J connectivity index is 1.41. The fraction of sp³-hybridized carbons (Fsp3) is 0.676. The van der Waals surface area contributed by atoms with Crippen LogP contribution in [0.15, 0.2) is 24.5 Å². The Labute approximate surface area is 301 Å². The lowest BCUT2D eigenvalue weighted by Crippen LogP contribution is -2.62. The van der Waals surface area contributed by atoms with Gasteiger partial charge in [0.25, 0.3) is 11.8 Å². The van der Waals surface area contributed by atoms with Crippen LogP contribution in [0.25, 0.3) is 0 Å². The molecule has 2 aliphatic heterocycles. The Hall–Kier alpha value is -4.07. The van der Waals surface area contributed by atoms with Crippen LogP contribution in [0.4, 0.5) is 15.0 Å². The molecule has 13 nitrogen and oxygen atoms in total. The molecule has 3 heterocycles. The highest BCUT2D eigenvalue weighted by molar-refractivity contribution is 5.97. The number of alkyl carbamates (subject to hydrolysis) is 1. The minimum absolute atomic E-state index is 0.0412. The van der Waals surface area contributed by atoms with Gasteiger partial charge in [-0.3, -0.25) is 14.5 Å². The van der Waals surface area contributed by atoms with Crippen LogP contribution >= 0.6 is 0 Å². The van der Waals surface area contributed by atoms with Gasteiger partial charge in [0.15, 0.2) is 5.82 Å². The summed E-state index contributed by atoms with van der Waals surface area (Å²) in [7, 11) is 0. The average molecular weight is 714 g/mol. The van der Waals surface area contributed by atoms with Gasteiger partial charge in [-0.1, -0.05) is 27.7 Å². The van der Waals surface area contributed by atoms with E-state index in [0.29, 0.717) is 24.7 Å². The van der Waals surface area contributed by atoms with Crippen LogP contribution in [0, 0.1) is 23.1 Å². The van der Waals surface area contributed by atoms with Crippen molar-refractivity contribution in [1.29, 1.82) is 0 Å². The fourth-order valence-corrected chi connectivity index (χ4v) is 7.08. The number of aromatic nitrogens is 3. The maximum Gasteiger partial charge on any atom is 0.410 e. The maximum atomic E-state index is 14.4. The van der Waals surface area contributed by atoms with Crippen molar-refractivity contribution in [1.82, 2.24) is 30.3 Å². The summed E-state index contributed by atoms with van der Waals surface area (Å²) in [5.41, 5.74) is -0.425. The molecule has 1 aromatic carbocycles. The Morgan fingerprint density at radius 3 is 2.39 bits per heavy atom. The number of nitrogens with one attached hydrogen (secondary N) is 1. The van der Waals surface area contributed by atoms with Crippen LogP contribution in [-0.2, 0) is 14.3 Å². The highest BCUT2D eigenvalue weighted by Crippen LogP contribution is 2.45. The van der Waals surface area contributed by atoms with Gasteiger partial charge in [0.1, 0.15) is 17.9 Å². The molecule has 2 aromatic rings. The quantitative estimate of drug-likeness (QED) is 0.171. The number of rotatable bonds is 15. The maximum absolute atomic E-state index is 14.4. The number of hydrogen-bond donors (Lipinski definition) is 1. The van der Waals surface area contributed by atoms with Gasteiger partial charge in [-0.2, -0.15) is 0 Å². The normalized spacial score (nSPS) is 17.0. The van der Waals surface area contributed by atoms with Crippen molar-refractivity contribution in [2.45, 2.75) is 112 Å². The Morgan fingerprint density at radius 1 is 1.06 bits per heavy atom. The van der Waals surface area contributed by atoms with Crippen LogP contribution in [0.2, 0.25) is 0 Å². The second-order valence-electron chi connectivity index (χ2n) is 15.7. The molecule has 51 heavy (non-hydrogen) atoms. The standard InChI is InChI=1S/C37H56FN7O6/c1-11-45(25(6)7)33(46)29-17-27(38)12-13-30(29)51-32-31(39-22-40-42-32)43-15-14-37(19-43)20-44(21-37)28(16-23(2)3)18-36(9,10)41-35(48)50-26(8)49-34(47)24(4)5/h12-13,17,22-26,28H,11,14-16,18-21H2,1-10H3,(H,41,48)/t26?,28-/m1/s1. The molecular formula is C37H56FN7O6. The zero-order valence-electron chi connectivity index (χ0n) is 31.9. The molecule has 1 aromatic heterocycles. The fourth-order valence-electron chi connectivity index (χ4n) is 7.08. The lowest BCUT2D eigenvalue weighted by atomic mass is 9.76. The molecule has 2 aliphatic rings. The van der Waals surface area contributed by atoms with Crippen molar-refractivity contribution >= 4 is 23.8 Å². The number of benzene rings is 1. The molecule has 4 rings (SSSR count). The number of carbonyl (C=O) groups is 3. The zero-order chi connectivity index (χ0) is 37.7. The number of anilines is 1. The molecule has 14 heteroatoms. The monoisotopic (exact) mass is 713 g/mol. The van der Waals surface area contributed by atoms with Crippen molar-refractivity contribution in [3.63, 3.8) is 0 Å². The predicted octanol–water partition coefficient (Wildman–Crippen LogP) is 6.04. The third-order valence-electron chi connectivity index (χ3n) is 9.46. The topological polar surface area (TPSA) is 139 Å². The Bertz CT molecular complexity index is 1530. The van der Waals surface area contributed by atoms with Gasteiger partial charge < -0.3 is 29.3 Å². The third-order valence-corrected chi connectivity index (χ3v) is 9.46. The number of likely N-dealkylation sites (tertiary alicyclic amines) is 1. The molecule has 0 aliphatic carbocycles. The molecule has 2 amide bonds. The summed E-state index contributed by atoms with van der Waals surface area (Å²) in [6.07, 6.45) is 2.37. The number of nitrogens with zero attached hydrogens (tertiary/aromatic N) is 6. The van der Waals surface area contributed by atoms with E-state index >= 15 is 0 Å². The Kier molecular flexibility index (Phi) is 12.9. The first-order chi connectivity index (χ1) is 23.9. The molecule has 2 saturated heterocycles. The second kappa shape index (κ2) is 16.5. The van der Waals surface area contributed by atoms with Crippen molar-refractivity contribution in [3.05, 3.63) is 35.9 Å². The molecule has 2 fully saturated rings. The highest BCUT2D eigenvalue weighted by Gasteiger charge is 2.50. The lowest BCUT2D eigenvalue weighted by Gasteiger charge is -2.53. The summed E-state index contributed by atoms with van der Waals surface area (Å²) in [6, 6.07) is 4.04. The predicted molar refractivity (Wildman–Crippen MR) is 191 cm³/mol. The summed E-state index contributed by atoms with van der Waals surface area (Å²) >= 11 is 0. The number of amides is 2. The largest absolute Gasteiger partial charge is 0.434 e. The van der Waals surface area contributed by atoms with Gasteiger partial charge in [0.2, 0.25) is 6.29 Å². The van der Waals surface area contributed by atoms with Crippen LogP contribution in [0.1, 0.15) is 98.9 Å². The molecule has 1 unspecified atom stereocenters. The Morgan fingerprint density at radius 2 is 1.76 bits per heavy atom. The van der Waals surface area contributed by atoms with Crippen molar-refractivity contribution in [2.75, 3.05) is 37.6 Å².